The minimum absolute atomic E-state index is 0.604. The molecule has 0 saturated heterocycles. The van der Waals surface area contributed by atoms with E-state index >= 15 is 0 Å². The molecule has 0 bridgehead atoms. The van der Waals surface area contributed by atoms with Crippen LogP contribution >= 0.6 is 0 Å². The average molecular weight is 193 g/mol. The van der Waals surface area contributed by atoms with E-state index in [2.05, 4.69) is 5.32 Å². The van der Waals surface area contributed by atoms with Crippen molar-refractivity contribution in [3.05, 3.63) is 23.8 Å². The van der Waals surface area contributed by atoms with Crippen LogP contribution in [0.25, 0.3) is 0 Å². The van der Waals surface area contributed by atoms with Crippen molar-refractivity contribution in [1.29, 1.82) is 0 Å². The van der Waals surface area contributed by atoms with Crippen LogP contribution in [0.2, 0.25) is 0 Å². The SMILES string of the molecule is COc1ccc2c(c1)CC(C)(O)CN2. The van der Waals surface area contributed by atoms with E-state index in [0.29, 0.717) is 13.0 Å². The van der Waals surface area contributed by atoms with Crippen LogP contribution in [0.3, 0.4) is 0 Å². The van der Waals surface area contributed by atoms with Crippen molar-refractivity contribution in [1.82, 2.24) is 0 Å². The van der Waals surface area contributed by atoms with E-state index in [1.165, 1.54) is 0 Å². The molecule has 1 heterocycles. The predicted octanol–water partition coefficient (Wildman–Crippen LogP) is 1.41. The lowest BCUT2D eigenvalue weighted by Gasteiger charge is -2.31. The molecular formula is C11H15NO2. The number of ether oxygens (including phenoxy) is 1. The van der Waals surface area contributed by atoms with Crippen molar-refractivity contribution in [3.63, 3.8) is 0 Å². The Morgan fingerprint density at radius 2 is 2.29 bits per heavy atom. The average Bonchev–Trinajstić information content (AvgIpc) is 2.15. The van der Waals surface area contributed by atoms with Gasteiger partial charge in [-0.15, -0.1) is 0 Å². The lowest BCUT2D eigenvalue weighted by atomic mass is 9.91. The van der Waals surface area contributed by atoms with Gasteiger partial charge in [-0.3, -0.25) is 0 Å². The molecule has 0 amide bonds. The highest BCUT2D eigenvalue weighted by Gasteiger charge is 2.26. The largest absolute Gasteiger partial charge is 0.497 e. The Kier molecular flexibility index (Phi) is 2.11. The fourth-order valence-corrected chi connectivity index (χ4v) is 1.77. The number of hydrogen-bond acceptors (Lipinski definition) is 3. The van der Waals surface area contributed by atoms with Crippen LogP contribution < -0.4 is 10.1 Å². The number of benzene rings is 1. The third-order valence-electron chi connectivity index (χ3n) is 2.54. The molecule has 3 nitrogen and oxygen atoms in total. The number of fused-ring (bicyclic) bond motifs is 1. The van der Waals surface area contributed by atoms with E-state index in [0.717, 1.165) is 17.0 Å². The quantitative estimate of drug-likeness (QED) is 0.708. The van der Waals surface area contributed by atoms with Gasteiger partial charge in [0, 0.05) is 18.7 Å². The Morgan fingerprint density at radius 3 is 3.00 bits per heavy atom. The molecule has 1 aromatic rings. The number of anilines is 1. The molecule has 0 radical (unpaired) electrons. The summed E-state index contributed by atoms with van der Waals surface area (Å²) in [5.41, 5.74) is 1.55. The summed E-state index contributed by atoms with van der Waals surface area (Å²) in [7, 11) is 1.65. The lowest BCUT2D eigenvalue weighted by Crippen LogP contribution is -2.39. The van der Waals surface area contributed by atoms with Crippen LogP contribution in [0, 0.1) is 0 Å². The van der Waals surface area contributed by atoms with Gasteiger partial charge in [-0.2, -0.15) is 0 Å². The molecule has 3 heteroatoms. The molecule has 14 heavy (non-hydrogen) atoms. The molecule has 0 spiro atoms. The van der Waals surface area contributed by atoms with Gasteiger partial charge in [-0.25, -0.2) is 0 Å². The van der Waals surface area contributed by atoms with E-state index < -0.39 is 5.60 Å². The number of aliphatic hydroxyl groups is 1. The first-order valence-corrected chi connectivity index (χ1v) is 4.74. The minimum atomic E-state index is -0.653. The summed E-state index contributed by atoms with van der Waals surface area (Å²) in [6.45, 7) is 2.44. The zero-order valence-electron chi connectivity index (χ0n) is 8.50. The maximum absolute atomic E-state index is 9.88. The van der Waals surface area contributed by atoms with Crippen LogP contribution in [0.4, 0.5) is 5.69 Å². The molecule has 1 atom stereocenters. The van der Waals surface area contributed by atoms with Gasteiger partial charge in [-0.05, 0) is 30.7 Å². The highest BCUT2D eigenvalue weighted by atomic mass is 16.5. The molecule has 1 aromatic carbocycles. The van der Waals surface area contributed by atoms with Crippen LogP contribution in [-0.4, -0.2) is 24.4 Å². The first-order chi connectivity index (χ1) is 6.61. The Hall–Kier alpha value is -1.22. The fraction of sp³-hybridized carbons (Fsp3) is 0.455. The molecule has 2 N–H and O–H groups in total. The van der Waals surface area contributed by atoms with E-state index in [9.17, 15) is 5.11 Å². The smallest absolute Gasteiger partial charge is 0.119 e. The minimum Gasteiger partial charge on any atom is -0.497 e. The molecule has 1 aliphatic rings. The number of nitrogens with one attached hydrogen (secondary N) is 1. The van der Waals surface area contributed by atoms with E-state index in [1.54, 1.807) is 7.11 Å². The van der Waals surface area contributed by atoms with Crippen molar-refractivity contribution < 1.29 is 9.84 Å². The summed E-state index contributed by atoms with van der Waals surface area (Å²) in [6.07, 6.45) is 0.673. The highest BCUT2D eigenvalue weighted by molar-refractivity contribution is 5.57. The summed E-state index contributed by atoms with van der Waals surface area (Å²) in [4.78, 5) is 0. The van der Waals surface area contributed by atoms with Gasteiger partial charge in [0.2, 0.25) is 0 Å². The van der Waals surface area contributed by atoms with Crippen LogP contribution in [0.15, 0.2) is 18.2 Å². The van der Waals surface area contributed by atoms with E-state index in [1.807, 2.05) is 25.1 Å². The second-order valence-electron chi connectivity index (χ2n) is 4.05. The summed E-state index contributed by atoms with van der Waals surface area (Å²) >= 11 is 0. The van der Waals surface area contributed by atoms with E-state index in [4.69, 9.17) is 4.74 Å². The van der Waals surface area contributed by atoms with Crippen molar-refractivity contribution >= 4 is 5.69 Å². The summed E-state index contributed by atoms with van der Waals surface area (Å²) in [5.74, 6) is 0.836. The standard InChI is InChI=1S/C11H15NO2/c1-11(13)6-8-5-9(14-2)3-4-10(8)12-7-11/h3-5,12-13H,6-7H2,1-2H3. The molecule has 2 rings (SSSR count). The van der Waals surface area contributed by atoms with Gasteiger partial charge in [0.15, 0.2) is 0 Å². The highest BCUT2D eigenvalue weighted by Crippen LogP contribution is 2.29. The molecule has 1 unspecified atom stereocenters. The molecular weight excluding hydrogens is 178 g/mol. The zero-order valence-corrected chi connectivity index (χ0v) is 8.50. The molecule has 0 saturated carbocycles. The molecule has 0 fully saturated rings. The number of β-amino-alcohol motifs (C(OH)–C–C–N with tert-alkyl or cyclic N) is 1. The van der Waals surface area contributed by atoms with E-state index in [-0.39, 0.29) is 0 Å². The Balaban J connectivity index is 2.34. The maximum atomic E-state index is 9.88. The molecule has 0 aromatic heterocycles. The van der Waals surface area contributed by atoms with Gasteiger partial charge in [-0.1, -0.05) is 0 Å². The molecule has 0 aliphatic carbocycles. The normalized spacial score (nSPS) is 25.1. The first-order valence-electron chi connectivity index (χ1n) is 4.74. The van der Waals surface area contributed by atoms with Gasteiger partial charge in [0.05, 0.1) is 12.7 Å². The lowest BCUT2D eigenvalue weighted by molar-refractivity contribution is 0.0710. The fourth-order valence-electron chi connectivity index (χ4n) is 1.77. The number of rotatable bonds is 1. The van der Waals surface area contributed by atoms with Gasteiger partial charge in [0.25, 0.3) is 0 Å². The third-order valence-corrected chi connectivity index (χ3v) is 2.54. The van der Waals surface area contributed by atoms with Crippen LogP contribution in [0.1, 0.15) is 12.5 Å². The summed E-state index contributed by atoms with van der Waals surface area (Å²) in [6, 6.07) is 5.88. The Morgan fingerprint density at radius 1 is 1.50 bits per heavy atom. The van der Waals surface area contributed by atoms with Crippen LogP contribution in [0.5, 0.6) is 5.75 Å². The topological polar surface area (TPSA) is 41.5 Å². The monoisotopic (exact) mass is 193 g/mol. The Labute approximate surface area is 83.7 Å². The third kappa shape index (κ3) is 1.68. The maximum Gasteiger partial charge on any atom is 0.119 e. The van der Waals surface area contributed by atoms with Gasteiger partial charge < -0.3 is 15.2 Å². The summed E-state index contributed by atoms with van der Waals surface area (Å²) in [5, 5.41) is 13.1. The summed E-state index contributed by atoms with van der Waals surface area (Å²) < 4.78 is 5.14. The second kappa shape index (κ2) is 3.17. The van der Waals surface area contributed by atoms with Crippen molar-refractivity contribution in [2.75, 3.05) is 19.0 Å². The van der Waals surface area contributed by atoms with Gasteiger partial charge in [0.1, 0.15) is 5.75 Å². The van der Waals surface area contributed by atoms with Crippen molar-refractivity contribution in [3.8, 4) is 5.75 Å². The van der Waals surface area contributed by atoms with Crippen molar-refractivity contribution in [2.24, 2.45) is 0 Å². The second-order valence-corrected chi connectivity index (χ2v) is 4.05. The predicted molar refractivity (Wildman–Crippen MR) is 55.8 cm³/mol. The van der Waals surface area contributed by atoms with Gasteiger partial charge >= 0.3 is 0 Å². The number of methoxy groups -OCH3 is 1. The Bertz CT molecular complexity index is 347. The first kappa shape index (κ1) is 9.34. The molecule has 76 valence electrons. The van der Waals surface area contributed by atoms with Crippen LogP contribution in [-0.2, 0) is 6.42 Å². The number of hydrogen-bond donors (Lipinski definition) is 2. The molecule has 1 aliphatic heterocycles. The van der Waals surface area contributed by atoms with Crippen molar-refractivity contribution in [2.45, 2.75) is 18.9 Å². The zero-order chi connectivity index (χ0) is 10.2.